The lowest BCUT2D eigenvalue weighted by atomic mass is 10.3. The van der Waals surface area contributed by atoms with Crippen molar-refractivity contribution in [3.8, 4) is 0 Å². The van der Waals surface area contributed by atoms with Gasteiger partial charge in [0.25, 0.3) is 5.91 Å². The lowest BCUT2D eigenvalue weighted by Crippen LogP contribution is -2.13. The Labute approximate surface area is 95.7 Å². The predicted octanol–water partition coefficient (Wildman–Crippen LogP) is 1.68. The Bertz CT molecular complexity index is 508. The van der Waals surface area contributed by atoms with E-state index < -0.39 is 5.91 Å². The average molecular weight is 239 g/mol. The maximum absolute atomic E-state index is 11.6. The van der Waals surface area contributed by atoms with Gasteiger partial charge in [-0.15, -0.1) is 10.2 Å². The first-order valence-electron chi connectivity index (χ1n) is 4.37. The molecule has 2 aromatic heterocycles. The number of anilines is 1. The highest BCUT2D eigenvalue weighted by atomic mass is 35.5. The van der Waals surface area contributed by atoms with E-state index in [2.05, 4.69) is 20.5 Å². The molecule has 0 atom stereocenters. The van der Waals surface area contributed by atoms with Crippen molar-refractivity contribution >= 4 is 23.3 Å². The molecule has 0 unspecified atom stereocenters. The van der Waals surface area contributed by atoms with Crippen LogP contribution in [0.1, 0.15) is 16.2 Å². The van der Waals surface area contributed by atoms with Crippen LogP contribution in [0.3, 0.4) is 0 Å². The molecule has 0 spiro atoms. The minimum Gasteiger partial charge on any atom is -0.438 e. The number of oxazole rings is 1. The van der Waals surface area contributed by atoms with Crippen LogP contribution in [0, 0.1) is 6.92 Å². The molecule has 2 aromatic rings. The zero-order chi connectivity index (χ0) is 11.5. The van der Waals surface area contributed by atoms with E-state index in [1.807, 2.05) is 0 Å². The van der Waals surface area contributed by atoms with Crippen molar-refractivity contribution in [2.75, 3.05) is 5.32 Å². The Morgan fingerprint density at radius 1 is 1.44 bits per heavy atom. The Morgan fingerprint density at radius 3 is 2.81 bits per heavy atom. The summed E-state index contributed by atoms with van der Waals surface area (Å²) in [6.45, 7) is 1.67. The third kappa shape index (κ3) is 2.17. The first-order chi connectivity index (χ1) is 7.66. The van der Waals surface area contributed by atoms with E-state index >= 15 is 0 Å². The number of carbonyl (C=O) groups excluding carboxylic acids is 1. The minimum atomic E-state index is -0.424. The lowest BCUT2D eigenvalue weighted by molar-refractivity contribution is 0.0995. The summed E-state index contributed by atoms with van der Waals surface area (Å²) in [5.41, 5.74) is 0.513. The fraction of sp³-hybridized carbons (Fsp3) is 0.111. The number of hydrogen-bond acceptors (Lipinski definition) is 5. The van der Waals surface area contributed by atoms with Crippen LogP contribution < -0.4 is 5.32 Å². The quantitative estimate of drug-likeness (QED) is 0.861. The predicted molar refractivity (Wildman–Crippen MR) is 56.2 cm³/mol. The lowest BCUT2D eigenvalue weighted by Gasteiger charge is -2.00. The van der Waals surface area contributed by atoms with Crippen molar-refractivity contribution in [2.45, 2.75) is 6.92 Å². The van der Waals surface area contributed by atoms with E-state index in [9.17, 15) is 4.79 Å². The summed E-state index contributed by atoms with van der Waals surface area (Å²) in [5.74, 6) is 0.0218. The van der Waals surface area contributed by atoms with E-state index in [1.54, 1.807) is 13.0 Å². The van der Waals surface area contributed by atoms with E-state index in [0.29, 0.717) is 11.5 Å². The number of carbonyl (C=O) groups is 1. The van der Waals surface area contributed by atoms with Crippen molar-refractivity contribution in [3.63, 3.8) is 0 Å². The van der Waals surface area contributed by atoms with Crippen LogP contribution in [0.25, 0.3) is 0 Å². The standard InChI is InChI=1S/C9H7ClN4O2/c1-5-8(16-4-11-5)9(15)12-7-3-2-6(10)13-14-7/h2-4H,1H3,(H,12,14,15). The summed E-state index contributed by atoms with van der Waals surface area (Å²) >= 11 is 5.56. The largest absolute Gasteiger partial charge is 0.438 e. The maximum atomic E-state index is 11.6. The summed E-state index contributed by atoms with van der Waals surface area (Å²) in [6, 6.07) is 3.07. The second-order valence-electron chi connectivity index (χ2n) is 2.96. The highest BCUT2D eigenvalue weighted by molar-refractivity contribution is 6.29. The van der Waals surface area contributed by atoms with Crippen molar-refractivity contribution < 1.29 is 9.21 Å². The third-order valence-corrected chi connectivity index (χ3v) is 2.03. The van der Waals surface area contributed by atoms with Crippen LogP contribution in [0.2, 0.25) is 5.15 Å². The number of halogens is 1. The molecule has 82 valence electrons. The van der Waals surface area contributed by atoms with Crippen LogP contribution >= 0.6 is 11.6 Å². The van der Waals surface area contributed by atoms with Crippen molar-refractivity contribution in [3.05, 3.63) is 35.1 Å². The monoisotopic (exact) mass is 238 g/mol. The maximum Gasteiger partial charge on any atom is 0.294 e. The molecule has 0 aliphatic carbocycles. The first kappa shape index (κ1) is 10.6. The van der Waals surface area contributed by atoms with Gasteiger partial charge in [0, 0.05) is 0 Å². The molecule has 2 rings (SSSR count). The van der Waals surface area contributed by atoms with Gasteiger partial charge in [0.05, 0.1) is 5.69 Å². The third-order valence-electron chi connectivity index (χ3n) is 1.83. The fourth-order valence-electron chi connectivity index (χ4n) is 1.08. The average Bonchev–Trinajstić information content (AvgIpc) is 2.68. The van der Waals surface area contributed by atoms with Crippen LogP contribution in [0.15, 0.2) is 22.9 Å². The number of aromatic nitrogens is 3. The smallest absolute Gasteiger partial charge is 0.294 e. The van der Waals surface area contributed by atoms with Gasteiger partial charge in [-0.2, -0.15) is 0 Å². The highest BCUT2D eigenvalue weighted by Crippen LogP contribution is 2.10. The Hall–Kier alpha value is -1.95. The normalized spacial score (nSPS) is 10.1. The summed E-state index contributed by atoms with van der Waals surface area (Å²) in [5, 5.41) is 10.0. The number of rotatable bonds is 2. The van der Waals surface area contributed by atoms with Gasteiger partial charge in [-0.05, 0) is 19.1 Å². The minimum absolute atomic E-state index is 0.150. The zero-order valence-electron chi connectivity index (χ0n) is 8.27. The molecule has 0 aliphatic rings. The van der Waals surface area contributed by atoms with Crippen LogP contribution in [0.4, 0.5) is 5.82 Å². The van der Waals surface area contributed by atoms with Gasteiger partial charge >= 0.3 is 0 Å². The van der Waals surface area contributed by atoms with Gasteiger partial charge in [0.1, 0.15) is 0 Å². The molecule has 6 nitrogen and oxygen atoms in total. The Kier molecular flexibility index (Phi) is 2.82. The van der Waals surface area contributed by atoms with Crippen molar-refractivity contribution in [2.24, 2.45) is 0 Å². The molecular weight excluding hydrogens is 232 g/mol. The Balaban J connectivity index is 2.14. The van der Waals surface area contributed by atoms with Gasteiger partial charge in [-0.3, -0.25) is 4.79 Å². The first-order valence-corrected chi connectivity index (χ1v) is 4.75. The van der Waals surface area contributed by atoms with Gasteiger partial charge in [0.2, 0.25) is 5.76 Å². The zero-order valence-corrected chi connectivity index (χ0v) is 9.02. The van der Waals surface area contributed by atoms with E-state index in [1.165, 1.54) is 12.5 Å². The topological polar surface area (TPSA) is 80.9 Å². The molecule has 0 saturated heterocycles. The number of hydrogen-bond donors (Lipinski definition) is 1. The van der Waals surface area contributed by atoms with Crippen molar-refractivity contribution in [1.29, 1.82) is 0 Å². The van der Waals surface area contributed by atoms with Crippen LogP contribution in [-0.4, -0.2) is 21.1 Å². The molecule has 0 fully saturated rings. The number of nitrogens with one attached hydrogen (secondary N) is 1. The van der Waals surface area contributed by atoms with E-state index in [0.717, 1.165) is 0 Å². The van der Waals surface area contributed by atoms with Crippen LogP contribution in [-0.2, 0) is 0 Å². The summed E-state index contributed by atoms with van der Waals surface area (Å²) in [4.78, 5) is 15.4. The molecule has 16 heavy (non-hydrogen) atoms. The molecule has 0 saturated carbocycles. The molecule has 0 radical (unpaired) electrons. The number of aryl methyl sites for hydroxylation is 1. The summed E-state index contributed by atoms with van der Waals surface area (Å²) in [7, 11) is 0. The van der Waals surface area contributed by atoms with Gasteiger partial charge in [-0.25, -0.2) is 4.98 Å². The number of nitrogens with zero attached hydrogens (tertiary/aromatic N) is 3. The molecule has 1 N–H and O–H groups in total. The van der Waals surface area contributed by atoms with E-state index in [-0.39, 0.29) is 10.9 Å². The van der Waals surface area contributed by atoms with E-state index in [4.69, 9.17) is 16.0 Å². The fourth-order valence-corrected chi connectivity index (χ4v) is 1.18. The Morgan fingerprint density at radius 2 is 2.25 bits per heavy atom. The second kappa shape index (κ2) is 4.28. The molecule has 2 heterocycles. The molecule has 1 amide bonds. The number of amides is 1. The summed E-state index contributed by atoms with van der Waals surface area (Å²) < 4.78 is 4.92. The molecule has 0 aromatic carbocycles. The molecular formula is C9H7ClN4O2. The summed E-state index contributed by atoms with van der Waals surface area (Å²) in [6.07, 6.45) is 1.21. The second-order valence-corrected chi connectivity index (χ2v) is 3.35. The highest BCUT2D eigenvalue weighted by Gasteiger charge is 2.14. The molecule has 0 bridgehead atoms. The van der Waals surface area contributed by atoms with Gasteiger partial charge in [0.15, 0.2) is 17.4 Å². The SMILES string of the molecule is Cc1ncoc1C(=O)Nc1ccc(Cl)nn1. The molecule has 0 aliphatic heterocycles. The molecule has 7 heteroatoms. The van der Waals surface area contributed by atoms with Crippen molar-refractivity contribution in [1.82, 2.24) is 15.2 Å². The van der Waals surface area contributed by atoms with Crippen LogP contribution in [0.5, 0.6) is 0 Å². The van der Waals surface area contributed by atoms with Gasteiger partial charge < -0.3 is 9.73 Å². The van der Waals surface area contributed by atoms with Gasteiger partial charge in [-0.1, -0.05) is 11.6 Å².